The minimum atomic E-state index is -0.941. The topological polar surface area (TPSA) is 65.1 Å². The van der Waals surface area contributed by atoms with Gasteiger partial charge >= 0.3 is 0 Å². The van der Waals surface area contributed by atoms with Crippen LogP contribution in [-0.2, 0) is 11.3 Å². The number of hydrogen-bond donors (Lipinski definition) is 3. The van der Waals surface area contributed by atoms with Crippen molar-refractivity contribution in [3.05, 3.63) is 24.0 Å². The molecule has 0 aliphatic heterocycles. The molecule has 1 aromatic heterocycles. The van der Waals surface area contributed by atoms with Crippen molar-refractivity contribution in [3.8, 4) is 0 Å². The Morgan fingerprint density at radius 3 is 3.08 bits per heavy atom. The van der Waals surface area contributed by atoms with Gasteiger partial charge in [0.1, 0.15) is 6.10 Å². The van der Waals surface area contributed by atoms with Crippen molar-refractivity contribution in [2.75, 3.05) is 0 Å². The molecular weight excluding hydrogens is 156 g/mol. The van der Waals surface area contributed by atoms with Gasteiger partial charge < -0.3 is 15.4 Å². The zero-order chi connectivity index (χ0) is 8.97. The van der Waals surface area contributed by atoms with Gasteiger partial charge in [0, 0.05) is 18.9 Å². The Labute approximate surface area is 70.6 Å². The molecule has 0 aliphatic rings. The number of H-pyrrole nitrogens is 1. The molecule has 4 heteroatoms. The number of amides is 1. The summed E-state index contributed by atoms with van der Waals surface area (Å²) in [4.78, 5) is 13.7. The van der Waals surface area contributed by atoms with Crippen LogP contribution in [0.3, 0.4) is 0 Å². The lowest BCUT2D eigenvalue weighted by atomic mass is 10.3. The van der Waals surface area contributed by atoms with Crippen LogP contribution in [0.4, 0.5) is 0 Å². The molecule has 1 heterocycles. The molecule has 1 atom stereocenters. The van der Waals surface area contributed by atoms with Crippen LogP contribution in [0.15, 0.2) is 18.5 Å². The maximum Gasteiger partial charge on any atom is 0.248 e. The van der Waals surface area contributed by atoms with Crippen molar-refractivity contribution in [2.24, 2.45) is 0 Å². The SMILES string of the molecule is CC(O)C(=O)NCc1cc[nH]c1. The monoisotopic (exact) mass is 168 g/mol. The number of nitrogens with one attached hydrogen (secondary N) is 2. The summed E-state index contributed by atoms with van der Waals surface area (Å²) in [6.45, 7) is 1.89. The summed E-state index contributed by atoms with van der Waals surface area (Å²) in [7, 11) is 0. The van der Waals surface area contributed by atoms with Gasteiger partial charge in [-0.2, -0.15) is 0 Å². The Hall–Kier alpha value is -1.29. The second-order valence-electron chi connectivity index (χ2n) is 2.61. The Morgan fingerprint density at radius 1 is 1.83 bits per heavy atom. The van der Waals surface area contributed by atoms with Crippen LogP contribution in [0.5, 0.6) is 0 Å². The van der Waals surface area contributed by atoms with Gasteiger partial charge in [-0.1, -0.05) is 0 Å². The van der Waals surface area contributed by atoms with E-state index in [2.05, 4.69) is 10.3 Å². The van der Waals surface area contributed by atoms with E-state index in [-0.39, 0.29) is 5.91 Å². The van der Waals surface area contributed by atoms with Crippen LogP contribution in [0.1, 0.15) is 12.5 Å². The average molecular weight is 168 g/mol. The van der Waals surface area contributed by atoms with E-state index in [1.807, 2.05) is 6.07 Å². The van der Waals surface area contributed by atoms with Crippen molar-refractivity contribution < 1.29 is 9.90 Å². The first-order chi connectivity index (χ1) is 5.70. The predicted octanol–water partition coefficient (Wildman–Crippen LogP) is 0.0117. The van der Waals surface area contributed by atoms with Crippen LogP contribution in [0.25, 0.3) is 0 Å². The van der Waals surface area contributed by atoms with Crippen molar-refractivity contribution in [2.45, 2.75) is 19.6 Å². The number of aliphatic hydroxyl groups excluding tert-OH is 1. The summed E-state index contributed by atoms with van der Waals surface area (Å²) < 4.78 is 0. The number of carbonyl (C=O) groups is 1. The van der Waals surface area contributed by atoms with Gasteiger partial charge in [0.2, 0.25) is 5.91 Å². The Bertz CT molecular complexity index is 242. The largest absolute Gasteiger partial charge is 0.384 e. The fraction of sp³-hybridized carbons (Fsp3) is 0.375. The van der Waals surface area contributed by atoms with Crippen LogP contribution >= 0.6 is 0 Å². The molecule has 0 aromatic carbocycles. The second-order valence-corrected chi connectivity index (χ2v) is 2.61. The number of rotatable bonds is 3. The minimum Gasteiger partial charge on any atom is -0.384 e. The predicted molar refractivity (Wildman–Crippen MR) is 44.3 cm³/mol. The van der Waals surface area contributed by atoms with E-state index < -0.39 is 6.10 Å². The molecule has 3 N–H and O–H groups in total. The summed E-state index contributed by atoms with van der Waals surface area (Å²) in [6.07, 6.45) is 2.63. The number of carbonyl (C=O) groups excluding carboxylic acids is 1. The first-order valence-corrected chi connectivity index (χ1v) is 3.77. The lowest BCUT2D eigenvalue weighted by Gasteiger charge is -2.04. The number of aromatic nitrogens is 1. The molecule has 1 amide bonds. The van der Waals surface area contributed by atoms with Crippen molar-refractivity contribution in [3.63, 3.8) is 0 Å². The van der Waals surface area contributed by atoms with Crippen molar-refractivity contribution in [1.82, 2.24) is 10.3 Å². The Morgan fingerprint density at radius 2 is 2.58 bits per heavy atom. The highest BCUT2D eigenvalue weighted by molar-refractivity contribution is 5.79. The molecule has 0 saturated carbocycles. The average Bonchev–Trinajstić information content (AvgIpc) is 2.51. The smallest absolute Gasteiger partial charge is 0.248 e. The lowest BCUT2D eigenvalue weighted by Crippen LogP contribution is -2.31. The first kappa shape index (κ1) is 8.80. The van der Waals surface area contributed by atoms with E-state index in [4.69, 9.17) is 5.11 Å². The first-order valence-electron chi connectivity index (χ1n) is 3.77. The third-order valence-corrected chi connectivity index (χ3v) is 1.51. The molecule has 4 nitrogen and oxygen atoms in total. The zero-order valence-corrected chi connectivity index (χ0v) is 6.87. The van der Waals surface area contributed by atoms with Crippen molar-refractivity contribution in [1.29, 1.82) is 0 Å². The van der Waals surface area contributed by atoms with Crippen molar-refractivity contribution >= 4 is 5.91 Å². The van der Waals surface area contributed by atoms with Gasteiger partial charge in [-0.15, -0.1) is 0 Å². The third kappa shape index (κ3) is 2.39. The fourth-order valence-electron chi connectivity index (χ4n) is 0.805. The van der Waals surface area contributed by atoms with Crippen LogP contribution in [0, 0.1) is 0 Å². The van der Waals surface area contributed by atoms with E-state index in [9.17, 15) is 4.79 Å². The van der Waals surface area contributed by atoms with Gasteiger partial charge in [0.15, 0.2) is 0 Å². The summed E-state index contributed by atoms with van der Waals surface area (Å²) in [6, 6.07) is 1.86. The molecule has 12 heavy (non-hydrogen) atoms. The van der Waals surface area contributed by atoms with E-state index in [0.717, 1.165) is 5.56 Å². The fourth-order valence-corrected chi connectivity index (χ4v) is 0.805. The molecule has 0 bridgehead atoms. The number of aromatic amines is 1. The van der Waals surface area contributed by atoms with Gasteiger partial charge in [0.05, 0.1) is 0 Å². The van der Waals surface area contributed by atoms with E-state index >= 15 is 0 Å². The van der Waals surface area contributed by atoms with Crippen LogP contribution in [0.2, 0.25) is 0 Å². The molecule has 0 radical (unpaired) electrons. The van der Waals surface area contributed by atoms with E-state index in [0.29, 0.717) is 6.54 Å². The summed E-state index contributed by atoms with van der Waals surface area (Å²) in [5.41, 5.74) is 0.990. The minimum absolute atomic E-state index is 0.351. The molecule has 1 aromatic rings. The second kappa shape index (κ2) is 3.92. The van der Waals surface area contributed by atoms with E-state index in [1.165, 1.54) is 6.92 Å². The normalized spacial score (nSPS) is 12.5. The molecule has 0 spiro atoms. The number of aliphatic hydroxyl groups is 1. The maximum absolute atomic E-state index is 10.9. The third-order valence-electron chi connectivity index (χ3n) is 1.51. The molecule has 0 saturated heterocycles. The van der Waals surface area contributed by atoms with Gasteiger partial charge in [-0.3, -0.25) is 4.79 Å². The summed E-state index contributed by atoms with van der Waals surface area (Å²) in [5, 5.41) is 11.4. The molecule has 0 aliphatic carbocycles. The van der Waals surface area contributed by atoms with Gasteiger partial charge in [-0.05, 0) is 18.6 Å². The van der Waals surface area contributed by atoms with Crippen LogP contribution < -0.4 is 5.32 Å². The molecular formula is C8H12N2O2. The van der Waals surface area contributed by atoms with E-state index in [1.54, 1.807) is 12.4 Å². The Balaban J connectivity index is 2.32. The highest BCUT2D eigenvalue weighted by Gasteiger charge is 2.06. The standard InChI is InChI=1S/C8H12N2O2/c1-6(11)8(12)10-5-7-2-3-9-4-7/h2-4,6,9,11H,5H2,1H3,(H,10,12). The van der Waals surface area contributed by atoms with Crippen LogP contribution in [-0.4, -0.2) is 22.1 Å². The molecule has 66 valence electrons. The van der Waals surface area contributed by atoms with Gasteiger partial charge in [0.25, 0.3) is 0 Å². The molecule has 1 unspecified atom stereocenters. The highest BCUT2D eigenvalue weighted by Crippen LogP contribution is 1.94. The Kier molecular flexibility index (Phi) is 2.88. The quantitative estimate of drug-likeness (QED) is 0.595. The lowest BCUT2D eigenvalue weighted by molar-refractivity contribution is -0.128. The molecule has 1 rings (SSSR count). The summed E-state index contributed by atoms with van der Waals surface area (Å²) in [5.74, 6) is -0.351. The number of hydrogen-bond acceptors (Lipinski definition) is 2. The molecule has 0 fully saturated rings. The van der Waals surface area contributed by atoms with Gasteiger partial charge in [-0.25, -0.2) is 0 Å². The summed E-state index contributed by atoms with van der Waals surface area (Å²) >= 11 is 0. The maximum atomic E-state index is 10.9. The highest BCUT2D eigenvalue weighted by atomic mass is 16.3. The zero-order valence-electron chi connectivity index (χ0n) is 6.87.